The van der Waals surface area contributed by atoms with Crippen LogP contribution in [0.15, 0.2) is 36.7 Å². The standard InChI is InChI=1S/C14H17N3/c1-11-3-6-14(17-7-11)10-15-8-13-5-4-12(2)16-9-13/h3-7,9,15H,8,10H2,1-2H3. The van der Waals surface area contributed by atoms with Crippen LogP contribution < -0.4 is 5.32 Å². The minimum atomic E-state index is 0.786. The van der Waals surface area contributed by atoms with E-state index >= 15 is 0 Å². The first kappa shape index (κ1) is 11.7. The lowest BCUT2D eigenvalue weighted by molar-refractivity contribution is 0.677. The van der Waals surface area contributed by atoms with Gasteiger partial charge >= 0.3 is 0 Å². The van der Waals surface area contributed by atoms with Crippen LogP contribution in [0.5, 0.6) is 0 Å². The summed E-state index contributed by atoms with van der Waals surface area (Å²) in [5.41, 5.74) is 4.50. The SMILES string of the molecule is Cc1ccc(CNCc2ccc(C)nc2)nc1. The monoisotopic (exact) mass is 227 g/mol. The second-order valence-corrected chi connectivity index (χ2v) is 4.24. The molecule has 0 aromatic carbocycles. The van der Waals surface area contributed by atoms with Gasteiger partial charge in [-0.05, 0) is 37.1 Å². The van der Waals surface area contributed by atoms with Crippen LogP contribution in [-0.2, 0) is 13.1 Å². The summed E-state index contributed by atoms with van der Waals surface area (Å²) in [7, 11) is 0. The molecule has 2 rings (SSSR count). The maximum Gasteiger partial charge on any atom is 0.0541 e. The second-order valence-electron chi connectivity index (χ2n) is 4.24. The Balaban J connectivity index is 1.83. The fraction of sp³-hybridized carbons (Fsp3) is 0.286. The predicted octanol–water partition coefficient (Wildman–Crippen LogP) is 2.38. The van der Waals surface area contributed by atoms with Crippen molar-refractivity contribution in [2.75, 3.05) is 0 Å². The van der Waals surface area contributed by atoms with Crippen LogP contribution in [0, 0.1) is 13.8 Å². The van der Waals surface area contributed by atoms with Crippen LogP contribution in [0.3, 0.4) is 0 Å². The minimum absolute atomic E-state index is 0.786. The molecule has 0 aliphatic rings. The van der Waals surface area contributed by atoms with Crippen molar-refractivity contribution in [3.63, 3.8) is 0 Å². The Morgan fingerprint density at radius 3 is 2.47 bits per heavy atom. The molecule has 88 valence electrons. The van der Waals surface area contributed by atoms with Crippen LogP contribution in [0.2, 0.25) is 0 Å². The first-order chi connectivity index (χ1) is 8.24. The molecule has 3 heteroatoms. The van der Waals surface area contributed by atoms with E-state index in [1.54, 1.807) is 0 Å². The van der Waals surface area contributed by atoms with Crippen molar-refractivity contribution < 1.29 is 0 Å². The van der Waals surface area contributed by atoms with Crippen LogP contribution in [-0.4, -0.2) is 9.97 Å². The molecular weight excluding hydrogens is 210 g/mol. The average Bonchev–Trinajstić information content (AvgIpc) is 2.34. The molecule has 0 unspecified atom stereocenters. The van der Waals surface area contributed by atoms with Gasteiger partial charge in [0, 0.05) is 31.2 Å². The molecule has 2 heterocycles. The van der Waals surface area contributed by atoms with Gasteiger partial charge in [0.2, 0.25) is 0 Å². The number of hydrogen-bond acceptors (Lipinski definition) is 3. The summed E-state index contributed by atoms with van der Waals surface area (Å²) in [6.45, 7) is 5.65. The highest BCUT2D eigenvalue weighted by Crippen LogP contribution is 2.01. The van der Waals surface area contributed by atoms with E-state index in [1.165, 1.54) is 11.1 Å². The van der Waals surface area contributed by atoms with Crippen molar-refractivity contribution in [3.8, 4) is 0 Å². The summed E-state index contributed by atoms with van der Waals surface area (Å²) in [6.07, 6.45) is 3.80. The number of hydrogen-bond donors (Lipinski definition) is 1. The molecule has 0 aliphatic heterocycles. The zero-order chi connectivity index (χ0) is 12.1. The van der Waals surface area contributed by atoms with E-state index in [9.17, 15) is 0 Å². The summed E-state index contributed by atoms with van der Waals surface area (Å²) < 4.78 is 0. The molecule has 3 nitrogen and oxygen atoms in total. The van der Waals surface area contributed by atoms with Crippen molar-refractivity contribution in [2.45, 2.75) is 26.9 Å². The van der Waals surface area contributed by atoms with Gasteiger partial charge in [-0.2, -0.15) is 0 Å². The van der Waals surface area contributed by atoms with E-state index < -0.39 is 0 Å². The van der Waals surface area contributed by atoms with E-state index in [0.717, 1.165) is 24.5 Å². The number of nitrogens with one attached hydrogen (secondary N) is 1. The molecule has 0 amide bonds. The highest BCUT2D eigenvalue weighted by Gasteiger charge is 1.95. The Morgan fingerprint density at radius 2 is 1.82 bits per heavy atom. The second kappa shape index (κ2) is 5.55. The highest BCUT2D eigenvalue weighted by molar-refractivity contribution is 5.14. The molecule has 0 spiro atoms. The highest BCUT2D eigenvalue weighted by atomic mass is 14.9. The Hall–Kier alpha value is -1.74. The third-order valence-corrected chi connectivity index (χ3v) is 2.58. The molecule has 0 fully saturated rings. The molecule has 0 saturated heterocycles. The van der Waals surface area contributed by atoms with Crippen LogP contribution in [0.4, 0.5) is 0 Å². The van der Waals surface area contributed by atoms with Gasteiger partial charge in [0.1, 0.15) is 0 Å². The van der Waals surface area contributed by atoms with E-state index in [4.69, 9.17) is 0 Å². The van der Waals surface area contributed by atoms with Crippen molar-refractivity contribution in [3.05, 3.63) is 59.2 Å². The van der Waals surface area contributed by atoms with Gasteiger partial charge in [-0.25, -0.2) is 0 Å². The number of pyridine rings is 2. The molecule has 17 heavy (non-hydrogen) atoms. The number of nitrogens with zero attached hydrogens (tertiary/aromatic N) is 2. The first-order valence-electron chi connectivity index (χ1n) is 5.78. The predicted molar refractivity (Wildman–Crippen MR) is 68.5 cm³/mol. The van der Waals surface area contributed by atoms with Crippen molar-refractivity contribution in [2.24, 2.45) is 0 Å². The molecule has 0 bridgehead atoms. The number of aryl methyl sites for hydroxylation is 2. The number of rotatable bonds is 4. The molecule has 0 saturated carbocycles. The van der Waals surface area contributed by atoms with Gasteiger partial charge in [0.15, 0.2) is 0 Å². The third kappa shape index (κ3) is 3.64. The Morgan fingerprint density at radius 1 is 0.941 bits per heavy atom. The van der Waals surface area contributed by atoms with Gasteiger partial charge in [-0.3, -0.25) is 9.97 Å². The number of aromatic nitrogens is 2. The maximum atomic E-state index is 4.35. The molecule has 2 aromatic rings. The van der Waals surface area contributed by atoms with Crippen LogP contribution in [0.25, 0.3) is 0 Å². The van der Waals surface area contributed by atoms with Crippen LogP contribution >= 0.6 is 0 Å². The summed E-state index contributed by atoms with van der Waals surface area (Å²) in [4.78, 5) is 8.61. The fourth-order valence-electron chi connectivity index (χ4n) is 1.54. The summed E-state index contributed by atoms with van der Waals surface area (Å²) in [6, 6.07) is 8.26. The molecule has 2 aromatic heterocycles. The molecular formula is C14H17N3. The van der Waals surface area contributed by atoms with Gasteiger partial charge in [0.25, 0.3) is 0 Å². The minimum Gasteiger partial charge on any atom is -0.307 e. The van der Waals surface area contributed by atoms with E-state index in [-0.39, 0.29) is 0 Å². The fourth-order valence-corrected chi connectivity index (χ4v) is 1.54. The van der Waals surface area contributed by atoms with E-state index in [1.807, 2.05) is 32.3 Å². The zero-order valence-corrected chi connectivity index (χ0v) is 10.3. The lowest BCUT2D eigenvalue weighted by Gasteiger charge is -2.04. The van der Waals surface area contributed by atoms with Crippen molar-refractivity contribution in [1.82, 2.24) is 15.3 Å². The average molecular weight is 227 g/mol. The van der Waals surface area contributed by atoms with Crippen molar-refractivity contribution >= 4 is 0 Å². The van der Waals surface area contributed by atoms with E-state index in [0.29, 0.717) is 0 Å². The molecule has 0 radical (unpaired) electrons. The van der Waals surface area contributed by atoms with Gasteiger partial charge in [0.05, 0.1) is 5.69 Å². The quantitative estimate of drug-likeness (QED) is 0.871. The van der Waals surface area contributed by atoms with E-state index in [2.05, 4.69) is 33.5 Å². The van der Waals surface area contributed by atoms with Crippen molar-refractivity contribution in [1.29, 1.82) is 0 Å². The zero-order valence-electron chi connectivity index (χ0n) is 10.3. The smallest absolute Gasteiger partial charge is 0.0541 e. The van der Waals surface area contributed by atoms with Gasteiger partial charge in [-0.15, -0.1) is 0 Å². The van der Waals surface area contributed by atoms with Gasteiger partial charge < -0.3 is 5.32 Å². The Bertz CT molecular complexity index is 414. The normalized spacial score (nSPS) is 10.5. The first-order valence-corrected chi connectivity index (χ1v) is 5.78. The largest absolute Gasteiger partial charge is 0.307 e. The lowest BCUT2D eigenvalue weighted by Crippen LogP contribution is -2.13. The topological polar surface area (TPSA) is 37.8 Å². The molecule has 0 aliphatic carbocycles. The molecule has 1 N–H and O–H groups in total. The maximum absolute atomic E-state index is 4.35. The lowest BCUT2D eigenvalue weighted by atomic mass is 10.2. The summed E-state index contributed by atoms with van der Waals surface area (Å²) in [5, 5.41) is 3.35. The third-order valence-electron chi connectivity index (χ3n) is 2.58. The Labute approximate surface area is 102 Å². The summed E-state index contributed by atoms with van der Waals surface area (Å²) in [5.74, 6) is 0. The molecule has 0 atom stereocenters. The van der Waals surface area contributed by atoms with Gasteiger partial charge in [-0.1, -0.05) is 12.1 Å². The summed E-state index contributed by atoms with van der Waals surface area (Å²) >= 11 is 0. The Kier molecular flexibility index (Phi) is 3.83. The van der Waals surface area contributed by atoms with Crippen LogP contribution in [0.1, 0.15) is 22.5 Å².